The second kappa shape index (κ2) is 12.7. The third-order valence-corrected chi connectivity index (χ3v) is 8.40. The number of nitrogens with zero attached hydrogens (tertiary/aromatic N) is 3. The van der Waals surface area contributed by atoms with Gasteiger partial charge in [0.2, 0.25) is 0 Å². The van der Waals surface area contributed by atoms with Crippen molar-refractivity contribution in [2.75, 3.05) is 18.5 Å². The van der Waals surface area contributed by atoms with Crippen molar-refractivity contribution in [3.63, 3.8) is 0 Å². The summed E-state index contributed by atoms with van der Waals surface area (Å²) in [6, 6.07) is 4.24. The van der Waals surface area contributed by atoms with Crippen molar-refractivity contribution in [2.24, 2.45) is 0 Å². The highest BCUT2D eigenvalue weighted by molar-refractivity contribution is 9.10. The second-order valence-corrected chi connectivity index (χ2v) is 16.9. The standard InChI is InChI=1S/C25H31BrF4N4O4Si/c1-39(2,3)10-9-38-15-34-24(37)22(25(28,29)30)21(13-31-34)32-17(14-35)5-4-7-33-8-6-16-11-19(26)20(27)12-18(16)23(33)36/h6,8,11-13,17,32,35H,4-5,7,9-10,14-15H2,1-3H3/t17-/m1/s1. The van der Waals surface area contributed by atoms with Gasteiger partial charge in [-0.2, -0.15) is 18.3 Å². The number of aliphatic hydroxyl groups excluding tert-OH is 1. The van der Waals surface area contributed by atoms with Crippen LogP contribution in [0.5, 0.6) is 0 Å². The van der Waals surface area contributed by atoms with Crippen molar-refractivity contribution >= 4 is 40.5 Å². The number of halogens is 5. The van der Waals surface area contributed by atoms with Crippen LogP contribution in [0.2, 0.25) is 25.7 Å². The molecule has 0 amide bonds. The Morgan fingerprint density at radius 2 is 1.92 bits per heavy atom. The van der Waals surface area contributed by atoms with Gasteiger partial charge in [0.25, 0.3) is 11.1 Å². The topological polar surface area (TPSA) is 98.4 Å². The first-order valence-electron chi connectivity index (χ1n) is 12.3. The second-order valence-electron chi connectivity index (χ2n) is 10.4. The zero-order valence-electron chi connectivity index (χ0n) is 21.8. The van der Waals surface area contributed by atoms with Crippen molar-refractivity contribution in [1.29, 1.82) is 0 Å². The van der Waals surface area contributed by atoms with E-state index in [2.05, 4.69) is 46.0 Å². The number of benzene rings is 1. The molecule has 14 heteroatoms. The van der Waals surface area contributed by atoms with Crippen LogP contribution in [0.4, 0.5) is 23.2 Å². The molecule has 2 heterocycles. The Hall–Kier alpha value is -2.55. The number of pyridine rings is 1. The number of nitrogens with one attached hydrogen (secondary N) is 1. The van der Waals surface area contributed by atoms with Crippen molar-refractivity contribution in [3.8, 4) is 0 Å². The molecule has 214 valence electrons. The average Bonchev–Trinajstić information content (AvgIpc) is 2.83. The Bertz CT molecular complexity index is 1420. The van der Waals surface area contributed by atoms with Crippen LogP contribution in [0.15, 0.2) is 44.7 Å². The maximum absolute atomic E-state index is 13.9. The summed E-state index contributed by atoms with van der Waals surface area (Å²) in [5.41, 5.74) is -3.73. The highest BCUT2D eigenvalue weighted by Gasteiger charge is 2.38. The van der Waals surface area contributed by atoms with Gasteiger partial charge in [-0.05, 0) is 58.4 Å². The van der Waals surface area contributed by atoms with Crippen molar-refractivity contribution < 1.29 is 27.4 Å². The Morgan fingerprint density at radius 3 is 2.56 bits per heavy atom. The number of rotatable bonds is 12. The summed E-state index contributed by atoms with van der Waals surface area (Å²) in [5, 5.41) is 16.9. The smallest absolute Gasteiger partial charge is 0.394 e. The zero-order valence-corrected chi connectivity index (χ0v) is 24.4. The van der Waals surface area contributed by atoms with Crippen LogP contribution < -0.4 is 16.4 Å². The van der Waals surface area contributed by atoms with E-state index in [4.69, 9.17) is 4.74 Å². The van der Waals surface area contributed by atoms with Crippen LogP contribution in [0.1, 0.15) is 18.4 Å². The molecule has 0 aliphatic rings. The summed E-state index contributed by atoms with van der Waals surface area (Å²) < 4.78 is 63.1. The summed E-state index contributed by atoms with van der Waals surface area (Å²) in [4.78, 5) is 25.4. The molecule has 0 radical (unpaired) electrons. The van der Waals surface area contributed by atoms with Crippen molar-refractivity contribution in [1.82, 2.24) is 14.3 Å². The van der Waals surface area contributed by atoms with E-state index in [1.807, 2.05) is 0 Å². The van der Waals surface area contributed by atoms with Crippen LogP contribution in [-0.2, 0) is 24.2 Å². The minimum Gasteiger partial charge on any atom is -0.394 e. The molecule has 0 unspecified atom stereocenters. The van der Waals surface area contributed by atoms with E-state index >= 15 is 0 Å². The number of aryl methyl sites for hydroxylation is 1. The van der Waals surface area contributed by atoms with Crippen LogP contribution in [0.25, 0.3) is 10.8 Å². The number of hydrogen-bond donors (Lipinski definition) is 2. The molecule has 0 aliphatic heterocycles. The average molecular weight is 636 g/mol. The molecule has 2 N–H and O–H groups in total. The molecule has 2 aromatic heterocycles. The molecule has 3 rings (SSSR count). The van der Waals surface area contributed by atoms with E-state index in [-0.39, 0.29) is 22.8 Å². The van der Waals surface area contributed by atoms with Crippen LogP contribution in [-0.4, -0.2) is 46.8 Å². The van der Waals surface area contributed by atoms with Gasteiger partial charge in [-0.1, -0.05) is 19.6 Å². The Kier molecular flexibility index (Phi) is 10.1. The fourth-order valence-corrected chi connectivity index (χ4v) is 5.00. The number of hydrogen-bond acceptors (Lipinski definition) is 6. The molecule has 0 aliphatic carbocycles. The molecular formula is C25H31BrF4N4O4Si. The monoisotopic (exact) mass is 634 g/mol. The minimum atomic E-state index is -4.97. The lowest BCUT2D eigenvalue weighted by atomic mass is 10.1. The van der Waals surface area contributed by atoms with Gasteiger partial charge in [0.05, 0.1) is 28.4 Å². The van der Waals surface area contributed by atoms with Gasteiger partial charge in [-0.25, -0.2) is 9.07 Å². The first kappa shape index (κ1) is 31.0. The number of anilines is 1. The lowest BCUT2D eigenvalue weighted by Gasteiger charge is -2.21. The molecule has 0 saturated carbocycles. The van der Waals surface area contributed by atoms with E-state index in [0.29, 0.717) is 23.1 Å². The predicted molar refractivity (Wildman–Crippen MR) is 147 cm³/mol. The third-order valence-electron chi connectivity index (χ3n) is 6.09. The SMILES string of the molecule is C[Si](C)(C)CCOCn1ncc(N[C@@H](CO)CCCn2ccc3cc(Br)c(F)cc3c2=O)c(C(F)(F)F)c1=O. The maximum atomic E-state index is 13.9. The van der Waals surface area contributed by atoms with Gasteiger partial charge in [0.1, 0.15) is 18.1 Å². The molecule has 0 bridgehead atoms. The predicted octanol–water partition coefficient (Wildman–Crippen LogP) is 5.04. The number of alkyl halides is 3. The first-order chi connectivity index (χ1) is 18.2. The van der Waals surface area contributed by atoms with E-state index in [0.717, 1.165) is 18.3 Å². The quantitative estimate of drug-likeness (QED) is 0.164. The first-order valence-corrected chi connectivity index (χ1v) is 16.8. The highest BCUT2D eigenvalue weighted by Crippen LogP contribution is 2.32. The van der Waals surface area contributed by atoms with Gasteiger partial charge >= 0.3 is 6.18 Å². The molecular weight excluding hydrogens is 604 g/mol. The van der Waals surface area contributed by atoms with Crippen molar-refractivity contribution in [2.45, 2.75) is 64.0 Å². The molecule has 1 atom stereocenters. The summed E-state index contributed by atoms with van der Waals surface area (Å²) >= 11 is 3.08. The lowest BCUT2D eigenvalue weighted by molar-refractivity contribution is -0.138. The molecule has 0 spiro atoms. The summed E-state index contributed by atoms with van der Waals surface area (Å²) in [6.45, 7) is 5.95. The van der Waals surface area contributed by atoms with Gasteiger partial charge in [-0.15, -0.1) is 0 Å². The van der Waals surface area contributed by atoms with Crippen molar-refractivity contribution in [3.05, 3.63) is 67.2 Å². The Balaban J connectivity index is 1.71. The van der Waals surface area contributed by atoms with Gasteiger partial charge in [0.15, 0.2) is 0 Å². The maximum Gasteiger partial charge on any atom is 0.423 e. The van der Waals surface area contributed by atoms with E-state index < -0.39 is 61.8 Å². The number of aromatic nitrogens is 3. The molecule has 8 nitrogen and oxygen atoms in total. The summed E-state index contributed by atoms with van der Waals surface area (Å²) in [7, 11) is -1.42. The van der Waals surface area contributed by atoms with Gasteiger partial charge in [-0.3, -0.25) is 9.59 Å². The lowest BCUT2D eigenvalue weighted by Crippen LogP contribution is -2.35. The molecule has 1 aromatic carbocycles. The normalized spacial score (nSPS) is 13.2. The highest BCUT2D eigenvalue weighted by atomic mass is 79.9. The van der Waals surface area contributed by atoms with E-state index in [9.17, 15) is 32.3 Å². The van der Waals surface area contributed by atoms with Crippen LogP contribution in [0, 0.1) is 5.82 Å². The minimum absolute atomic E-state index is 0.176. The van der Waals surface area contributed by atoms with Gasteiger partial charge < -0.3 is 19.7 Å². The van der Waals surface area contributed by atoms with E-state index in [1.165, 1.54) is 10.6 Å². The fourth-order valence-electron chi connectivity index (χ4n) is 3.88. The molecule has 39 heavy (non-hydrogen) atoms. The zero-order chi connectivity index (χ0) is 29.0. The summed E-state index contributed by atoms with van der Waals surface area (Å²) in [6.07, 6.45) is -2.04. The third kappa shape index (κ3) is 8.22. The molecule has 3 aromatic rings. The molecule has 0 fully saturated rings. The number of fused-ring (bicyclic) bond motifs is 1. The van der Waals surface area contributed by atoms with Crippen LogP contribution >= 0.6 is 15.9 Å². The number of ether oxygens (including phenoxy) is 1. The Labute approximate surface area is 231 Å². The Morgan fingerprint density at radius 1 is 1.21 bits per heavy atom. The van der Waals surface area contributed by atoms with E-state index in [1.54, 1.807) is 12.3 Å². The largest absolute Gasteiger partial charge is 0.423 e. The van der Waals surface area contributed by atoms with Gasteiger partial charge in [0, 0.05) is 33.5 Å². The van der Waals surface area contributed by atoms with Crippen LogP contribution in [0.3, 0.4) is 0 Å². The fraction of sp³-hybridized carbons (Fsp3) is 0.480. The summed E-state index contributed by atoms with van der Waals surface area (Å²) in [5.74, 6) is -0.573. The molecule has 0 saturated heterocycles. The number of aliphatic hydroxyl groups is 1.